The monoisotopic (exact) mass is 249 g/mol. The summed E-state index contributed by atoms with van der Waals surface area (Å²) in [5.41, 5.74) is 2.34. The third-order valence-electron chi connectivity index (χ3n) is 3.47. The topological polar surface area (TPSA) is 38.8 Å². The molecular weight excluding hydrogens is 230 g/mol. The number of esters is 1. The van der Waals surface area contributed by atoms with Gasteiger partial charge in [0.2, 0.25) is 0 Å². The number of hydrogen-bond donors (Lipinski definition) is 0. The van der Waals surface area contributed by atoms with Crippen LogP contribution in [-0.2, 0) is 16.0 Å². The van der Waals surface area contributed by atoms with E-state index in [1.807, 2.05) is 18.2 Å². The third-order valence-corrected chi connectivity index (χ3v) is 3.47. The Morgan fingerprint density at radius 3 is 2.83 bits per heavy atom. The molecule has 0 fully saturated rings. The summed E-state index contributed by atoms with van der Waals surface area (Å²) in [5.74, 6) is 0.708. The van der Waals surface area contributed by atoms with Crippen LogP contribution in [0.5, 0.6) is 5.75 Å². The van der Waals surface area contributed by atoms with Crippen molar-refractivity contribution in [3.05, 3.63) is 23.8 Å². The number of carbonyl (C=O) groups is 1. The number of nitrogens with zero attached hydrogens (tertiary/aromatic N) is 1. The van der Waals surface area contributed by atoms with Crippen molar-refractivity contribution in [2.45, 2.75) is 25.8 Å². The smallest absolute Gasteiger partial charge is 0.328 e. The Bertz CT molecular complexity index is 445. The van der Waals surface area contributed by atoms with Gasteiger partial charge in [0, 0.05) is 12.2 Å². The largest absolute Gasteiger partial charge is 0.497 e. The third kappa shape index (κ3) is 2.15. The van der Waals surface area contributed by atoms with Gasteiger partial charge in [-0.1, -0.05) is 0 Å². The van der Waals surface area contributed by atoms with Gasteiger partial charge in [-0.25, -0.2) is 4.79 Å². The van der Waals surface area contributed by atoms with Gasteiger partial charge in [-0.05, 0) is 43.5 Å². The summed E-state index contributed by atoms with van der Waals surface area (Å²) in [4.78, 5) is 13.9. The van der Waals surface area contributed by atoms with Crippen LogP contribution >= 0.6 is 0 Å². The molecule has 0 aliphatic carbocycles. The van der Waals surface area contributed by atoms with Gasteiger partial charge in [-0.3, -0.25) is 0 Å². The molecule has 1 atom stereocenters. The van der Waals surface area contributed by atoms with Gasteiger partial charge < -0.3 is 14.4 Å². The summed E-state index contributed by atoms with van der Waals surface area (Å²) in [6.45, 7) is 2.84. The lowest BCUT2D eigenvalue weighted by Crippen LogP contribution is -2.45. The number of fused-ring (bicyclic) bond motifs is 1. The number of benzene rings is 1. The molecule has 0 amide bonds. The lowest BCUT2D eigenvalue weighted by atomic mass is 9.95. The van der Waals surface area contributed by atoms with Gasteiger partial charge in [-0.15, -0.1) is 0 Å². The molecule has 0 N–H and O–H groups in total. The minimum Gasteiger partial charge on any atom is -0.497 e. The van der Waals surface area contributed by atoms with Crippen LogP contribution in [0.4, 0.5) is 5.69 Å². The normalized spacial score (nSPS) is 18.2. The Balaban J connectivity index is 2.34. The molecule has 0 bridgehead atoms. The van der Waals surface area contributed by atoms with E-state index >= 15 is 0 Å². The average Bonchev–Trinajstić information content (AvgIpc) is 2.44. The molecule has 1 unspecified atom stereocenters. The summed E-state index contributed by atoms with van der Waals surface area (Å²) < 4.78 is 10.1. The van der Waals surface area contributed by atoms with Gasteiger partial charge in [-0.2, -0.15) is 0 Å². The van der Waals surface area contributed by atoms with E-state index in [-0.39, 0.29) is 12.0 Å². The van der Waals surface area contributed by atoms with Crippen LogP contribution in [0.3, 0.4) is 0 Å². The van der Waals surface area contributed by atoms with E-state index in [0.29, 0.717) is 0 Å². The maximum Gasteiger partial charge on any atom is 0.328 e. The average molecular weight is 249 g/mol. The van der Waals surface area contributed by atoms with Crippen LogP contribution in [0.25, 0.3) is 0 Å². The Kier molecular flexibility index (Phi) is 3.75. The second-order valence-corrected chi connectivity index (χ2v) is 4.36. The van der Waals surface area contributed by atoms with E-state index in [0.717, 1.165) is 30.8 Å². The van der Waals surface area contributed by atoms with Gasteiger partial charge in [0.05, 0.1) is 14.2 Å². The van der Waals surface area contributed by atoms with Crippen molar-refractivity contribution >= 4 is 11.7 Å². The fraction of sp³-hybridized carbons (Fsp3) is 0.500. The minimum atomic E-state index is -0.166. The maximum atomic E-state index is 11.8. The molecular formula is C14H19NO3. The highest BCUT2D eigenvalue weighted by Crippen LogP contribution is 2.33. The number of anilines is 1. The van der Waals surface area contributed by atoms with E-state index in [9.17, 15) is 4.79 Å². The molecule has 98 valence electrons. The molecule has 0 aromatic heterocycles. The number of methoxy groups -OCH3 is 2. The van der Waals surface area contributed by atoms with Crippen LogP contribution in [0, 0.1) is 0 Å². The van der Waals surface area contributed by atoms with Crippen molar-refractivity contribution in [1.82, 2.24) is 0 Å². The summed E-state index contributed by atoms with van der Waals surface area (Å²) in [6, 6.07) is 5.83. The molecule has 1 aromatic rings. The molecule has 1 aromatic carbocycles. The molecule has 4 heteroatoms. The van der Waals surface area contributed by atoms with E-state index in [4.69, 9.17) is 9.47 Å². The number of carbonyl (C=O) groups excluding carboxylic acids is 1. The first-order valence-electron chi connectivity index (χ1n) is 6.22. The molecule has 0 spiro atoms. The molecule has 1 heterocycles. The van der Waals surface area contributed by atoms with E-state index in [1.54, 1.807) is 7.11 Å². The Hall–Kier alpha value is -1.71. The summed E-state index contributed by atoms with van der Waals surface area (Å²) in [6.07, 6.45) is 1.67. The Morgan fingerprint density at radius 2 is 2.22 bits per heavy atom. The quantitative estimate of drug-likeness (QED) is 0.768. The van der Waals surface area contributed by atoms with Gasteiger partial charge in [0.15, 0.2) is 0 Å². The molecule has 0 saturated heterocycles. The zero-order valence-corrected chi connectivity index (χ0v) is 11.1. The SMILES string of the molecule is CCN1c2ccc(OC)cc2CCC1C(=O)OC. The predicted octanol–water partition coefficient (Wildman–Crippen LogP) is 2.01. The molecule has 4 nitrogen and oxygen atoms in total. The van der Waals surface area contributed by atoms with Gasteiger partial charge >= 0.3 is 5.97 Å². The van der Waals surface area contributed by atoms with E-state index < -0.39 is 0 Å². The van der Waals surface area contributed by atoms with Crippen molar-refractivity contribution in [3.8, 4) is 5.75 Å². The first-order valence-corrected chi connectivity index (χ1v) is 6.22. The molecule has 1 aliphatic heterocycles. The maximum absolute atomic E-state index is 11.8. The second kappa shape index (κ2) is 5.29. The van der Waals surface area contributed by atoms with Crippen LogP contribution in [-0.4, -0.2) is 32.8 Å². The van der Waals surface area contributed by atoms with E-state index in [1.165, 1.54) is 12.7 Å². The molecule has 0 saturated carbocycles. The van der Waals surface area contributed by atoms with Crippen molar-refractivity contribution in [3.63, 3.8) is 0 Å². The van der Waals surface area contributed by atoms with Gasteiger partial charge in [0.1, 0.15) is 11.8 Å². The van der Waals surface area contributed by atoms with Crippen molar-refractivity contribution in [1.29, 1.82) is 0 Å². The van der Waals surface area contributed by atoms with Crippen LogP contribution in [0.15, 0.2) is 18.2 Å². The fourth-order valence-electron chi connectivity index (χ4n) is 2.56. The first-order chi connectivity index (χ1) is 8.71. The predicted molar refractivity (Wildman–Crippen MR) is 70.1 cm³/mol. The highest BCUT2D eigenvalue weighted by atomic mass is 16.5. The van der Waals surface area contributed by atoms with Gasteiger partial charge in [0.25, 0.3) is 0 Å². The Labute approximate surface area is 107 Å². The number of ether oxygens (including phenoxy) is 2. The zero-order chi connectivity index (χ0) is 13.1. The van der Waals surface area contributed by atoms with E-state index in [2.05, 4.69) is 11.8 Å². The summed E-state index contributed by atoms with van der Waals surface area (Å²) in [7, 11) is 3.11. The molecule has 18 heavy (non-hydrogen) atoms. The molecule has 1 aliphatic rings. The minimum absolute atomic E-state index is 0.154. The number of likely N-dealkylation sites (N-methyl/N-ethyl adjacent to an activating group) is 1. The lowest BCUT2D eigenvalue weighted by Gasteiger charge is -2.36. The highest BCUT2D eigenvalue weighted by Gasteiger charge is 2.31. The first kappa shape index (κ1) is 12.7. The Morgan fingerprint density at radius 1 is 1.44 bits per heavy atom. The van der Waals surface area contributed by atoms with Crippen molar-refractivity contribution in [2.75, 3.05) is 25.7 Å². The number of rotatable bonds is 3. The van der Waals surface area contributed by atoms with Crippen LogP contribution in [0.2, 0.25) is 0 Å². The van der Waals surface area contributed by atoms with Crippen molar-refractivity contribution < 1.29 is 14.3 Å². The zero-order valence-electron chi connectivity index (χ0n) is 11.1. The molecule has 0 radical (unpaired) electrons. The fourth-order valence-corrected chi connectivity index (χ4v) is 2.56. The van der Waals surface area contributed by atoms with Crippen LogP contribution < -0.4 is 9.64 Å². The number of aryl methyl sites for hydroxylation is 1. The van der Waals surface area contributed by atoms with Crippen LogP contribution in [0.1, 0.15) is 18.9 Å². The summed E-state index contributed by atoms with van der Waals surface area (Å²) >= 11 is 0. The number of hydrogen-bond acceptors (Lipinski definition) is 4. The standard InChI is InChI=1S/C14H19NO3/c1-4-15-12-8-6-11(17-2)9-10(12)5-7-13(15)14(16)18-3/h6,8-9,13H,4-5,7H2,1-3H3. The molecule has 2 rings (SSSR count). The second-order valence-electron chi connectivity index (χ2n) is 4.36. The summed E-state index contributed by atoms with van der Waals surface area (Å²) in [5, 5.41) is 0. The highest BCUT2D eigenvalue weighted by molar-refractivity contribution is 5.81. The lowest BCUT2D eigenvalue weighted by molar-refractivity contribution is -0.142. The van der Waals surface area contributed by atoms with Crippen molar-refractivity contribution in [2.24, 2.45) is 0 Å².